The normalized spacial score (nSPS) is 10.9. The van der Waals surface area contributed by atoms with Crippen molar-refractivity contribution in [3.8, 4) is 22.6 Å². The fourth-order valence-electron chi connectivity index (χ4n) is 3.61. The number of fused-ring (bicyclic) bond motifs is 1. The SMILES string of the molecule is CCCOc1ccc(F)c2c(=O)c(-c3ccc(OC)cc3)c(CCCC(=O)OCC)[nH]c12. The number of aryl methyl sites for hydroxylation is 1. The van der Waals surface area contributed by atoms with Crippen LogP contribution in [0.3, 0.4) is 0 Å². The Morgan fingerprint density at radius 3 is 2.50 bits per heavy atom. The highest BCUT2D eigenvalue weighted by molar-refractivity contribution is 5.89. The fourth-order valence-corrected chi connectivity index (χ4v) is 3.61. The lowest BCUT2D eigenvalue weighted by molar-refractivity contribution is -0.143. The van der Waals surface area contributed by atoms with E-state index in [-0.39, 0.29) is 17.8 Å². The zero-order chi connectivity index (χ0) is 23.1. The maximum atomic E-state index is 14.8. The van der Waals surface area contributed by atoms with Gasteiger partial charge in [0.05, 0.1) is 31.2 Å². The smallest absolute Gasteiger partial charge is 0.305 e. The third-order valence-electron chi connectivity index (χ3n) is 5.10. The van der Waals surface area contributed by atoms with Crippen LogP contribution in [0, 0.1) is 5.82 Å². The van der Waals surface area contributed by atoms with E-state index in [1.165, 1.54) is 12.1 Å². The summed E-state index contributed by atoms with van der Waals surface area (Å²) in [7, 11) is 1.56. The first-order valence-electron chi connectivity index (χ1n) is 10.8. The number of ether oxygens (including phenoxy) is 3. The van der Waals surface area contributed by atoms with Crippen LogP contribution < -0.4 is 14.9 Å². The Balaban J connectivity index is 2.14. The molecule has 0 unspecified atom stereocenters. The van der Waals surface area contributed by atoms with Gasteiger partial charge in [0.25, 0.3) is 0 Å². The van der Waals surface area contributed by atoms with Crippen LogP contribution in [0.15, 0.2) is 41.2 Å². The lowest BCUT2D eigenvalue weighted by atomic mass is 9.97. The van der Waals surface area contributed by atoms with Crippen molar-refractivity contribution in [3.63, 3.8) is 0 Å². The molecule has 0 fully saturated rings. The second-order valence-corrected chi connectivity index (χ2v) is 7.34. The summed E-state index contributed by atoms with van der Waals surface area (Å²) in [6, 6.07) is 9.80. The van der Waals surface area contributed by atoms with Gasteiger partial charge in [0.1, 0.15) is 17.3 Å². The van der Waals surface area contributed by atoms with Crippen LogP contribution in [0.2, 0.25) is 0 Å². The van der Waals surface area contributed by atoms with Crippen LogP contribution in [0.1, 0.15) is 38.8 Å². The molecule has 0 aliphatic heterocycles. The summed E-state index contributed by atoms with van der Waals surface area (Å²) in [6.07, 6.45) is 1.89. The van der Waals surface area contributed by atoms with Crippen LogP contribution in [-0.2, 0) is 16.0 Å². The van der Waals surface area contributed by atoms with Crippen LogP contribution in [0.25, 0.3) is 22.0 Å². The lowest BCUT2D eigenvalue weighted by Gasteiger charge is -2.15. The number of hydrogen-bond donors (Lipinski definition) is 1. The van der Waals surface area contributed by atoms with Crippen molar-refractivity contribution in [2.75, 3.05) is 20.3 Å². The van der Waals surface area contributed by atoms with Gasteiger partial charge in [-0.25, -0.2) is 4.39 Å². The third kappa shape index (κ3) is 5.10. The summed E-state index contributed by atoms with van der Waals surface area (Å²) in [5, 5.41) is -0.0430. The number of hydrogen-bond acceptors (Lipinski definition) is 5. The van der Waals surface area contributed by atoms with Crippen LogP contribution in [0.5, 0.6) is 11.5 Å². The molecule has 0 aliphatic rings. The number of benzene rings is 2. The quantitative estimate of drug-likeness (QED) is 0.447. The highest BCUT2D eigenvalue weighted by Crippen LogP contribution is 2.30. The number of pyridine rings is 1. The van der Waals surface area contributed by atoms with E-state index in [9.17, 15) is 14.0 Å². The molecule has 0 saturated heterocycles. The van der Waals surface area contributed by atoms with Gasteiger partial charge in [-0.3, -0.25) is 9.59 Å². The second kappa shape index (κ2) is 10.8. The number of aromatic nitrogens is 1. The number of H-pyrrole nitrogens is 1. The summed E-state index contributed by atoms with van der Waals surface area (Å²) in [4.78, 5) is 28.5. The molecule has 32 heavy (non-hydrogen) atoms. The lowest BCUT2D eigenvalue weighted by Crippen LogP contribution is -2.14. The van der Waals surface area contributed by atoms with Gasteiger partial charge in [-0.2, -0.15) is 0 Å². The van der Waals surface area contributed by atoms with E-state index in [0.717, 1.165) is 6.42 Å². The fraction of sp³-hybridized carbons (Fsp3) is 0.360. The Bertz CT molecular complexity index is 1140. The van der Waals surface area contributed by atoms with Crippen LogP contribution in [-0.4, -0.2) is 31.3 Å². The Labute approximate surface area is 186 Å². The molecule has 7 heteroatoms. The Hall–Kier alpha value is -3.35. The number of methoxy groups -OCH3 is 1. The molecule has 1 N–H and O–H groups in total. The Kier molecular flexibility index (Phi) is 7.87. The van der Waals surface area contributed by atoms with Gasteiger partial charge in [0, 0.05) is 17.7 Å². The summed E-state index contributed by atoms with van der Waals surface area (Å²) in [5.74, 6) is 0.169. The number of halogens is 1. The van der Waals surface area contributed by atoms with Crippen molar-refractivity contribution >= 4 is 16.9 Å². The van der Waals surface area contributed by atoms with Gasteiger partial charge in [0.15, 0.2) is 0 Å². The number of carbonyl (C=O) groups is 1. The average Bonchev–Trinajstić information content (AvgIpc) is 2.79. The van der Waals surface area contributed by atoms with Crippen molar-refractivity contribution < 1.29 is 23.4 Å². The van der Waals surface area contributed by atoms with Gasteiger partial charge < -0.3 is 19.2 Å². The number of rotatable bonds is 10. The van der Waals surface area contributed by atoms with E-state index in [2.05, 4.69) is 4.98 Å². The standard InChI is InChI=1S/C25H28FNO5/c1-4-15-32-20-14-13-18(26)23-24(20)27-19(7-6-8-21(28)31-5-2)22(25(23)29)16-9-11-17(30-3)12-10-16/h9-14H,4-8,15H2,1-3H3,(H,27,29). The second-order valence-electron chi connectivity index (χ2n) is 7.34. The first-order valence-corrected chi connectivity index (χ1v) is 10.8. The Morgan fingerprint density at radius 1 is 1.09 bits per heavy atom. The largest absolute Gasteiger partial charge is 0.497 e. The Morgan fingerprint density at radius 2 is 1.84 bits per heavy atom. The molecule has 1 aromatic heterocycles. The molecular weight excluding hydrogens is 413 g/mol. The highest BCUT2D eigenvalue weighted by atomic mass is 19.1. The van der Waals surface area contributed by atoms with E-state index in [1.807, 2.05) is 6.92 Å². The zero-order valence-corrected chi connectivity index (χ0v) is 18.6. The van der Waals surface area contributed by atoms with E-state index in [0.29, 0.717) is 59.9 Å². The molecular formula is C25H28FNO5. The topological polar surface area (TPSA) is 77.6 Å². The molecule has 0 saturated carbocycles. The zero-order valence-electron chi connectivity index (χ0n) is 18.6. The molecule has 2 aromatic carbocycles. The molecule has 0 radical (unpaired) electrons. The minimum absolute atomic E-state index is 0.0430. The number of carbonyl (C=O) groups excluding carboxylic acids is 1. The summed E-state index contributed by atoms with van der Waals surface area (Å²) < 4.78 is 30.7. The average molecular weight is 441 g/mol. The number of esters is 1. The van der Waals surface area contributed by atoms with E-state index < -0.39 is 11.2 Å². The first-order chi connectivity index (χ1) is 15.5. The predicted octanol–water partition coefficient (Wildman–Crippen LogP) is 5.02. The summed E-state index contributed by atoms with van der Waals surface area (Å²) >= 11 is 0. The number of nitrogens with one attached hydrogen (secondary N) is 1. The number of aromatic amines is 1. The molecule has 3 rings (SSSR count). The first kappa shape index (κ1) is 23.3. The van der Waals surface area contributed by atoms with E-state index >= 15 is 0 Å². The molecule has 0 aliphatic carbocycles. The van der Waals surface area contributed by atoms with Gasteiger partial charge in [-0.1, -0.05) is 19.1 Å². The molecule has 0 bridgehead atoms. The third-order valence-corrected chi connectivity index (χ3v) is 5.10. The molecule has 0 amide bonds. The van der Waals surface area contributed by atoms with Gasteiger partial charge in [0.2, 0.25) is 5.43 Å². The van der Waals surface area contributed by atoms with Crippen molar-refractivity contribution in [3.05, 3.63) is 58.1 Å². The van der Waals surface area contributed by atoms with Crippen LogP contribution in [0.4, 0.5) is 4.39 Å². The van der Waals surface area contributed by atoms with Crippen molar-refractivity contribution in [1.82, 2.24) is 4.98 Å². The minimum Gasteiger partial charge on any atom is -0.497 e. The minimum atomic E-state index is -0.613. The van der Waals surface area contributed by atoms with Crippen molar-refractivity contribution in [1.29, 1.82) is 0 Å². The molecule has 3 aromatic rings. The van der Waals surface area contributed by atoms with Gasteiger partial charge in [-0.05, 0) is 56.0 Å². The van der Waals surface area contributed by atoms with Crippen molar-refractivity contribution in [2.45, 2.75) is 39.5 Å². The summed E-state index contributed by atoms with van der Waals surface area (Å²) in [6.45, 7) is 4.49. The highest BCUT2D eigenvalue weighted by Gasteiger charge is 2.19. The molecule has 1 heterocycles. The maximum absolute atomic E-state index is 14.8. The summed E-state index contributed by atoms with van der Waals surface area (Å²) in [5.41, 5.74) is 1.53. The van der Waals surface area contributed by atoms with Gasteiger partial charge in [-0.15, -0.1) is 0 Å². The molecule has 0 spiro atoms. The monoisotopic (exact) mass is 441 g/mol. The van der Waals surface area contributed by atoms with E-state index in [4.69, 9.17) is 14.2 Å². The van der Waals surface area contributed by atoms with Crippen LogP contribution >= 0.6 is 0 Å². The molecule has 170 valence electrons. The van der Waals surface area contributed by atoms with Crippen molar-refractivity contribution in [2.24, 2.45) is 0 Å². The van der Waals surface area contributed by atoms with Gasteiger partial charge >= 0.3 is 5.97 Å². The predicted molar refractivity (Wildman–Crippen MR) is 122 cm³/mol. The maximum Gasteiger partial charge on any atom is 0.305 e. The molecule has 0 atom stereocenters. The van der Waals surface area contributed by atoms with E-state index in [1.54, 1.807) is 38.3 Å². The molecule has 6 nitrogen and oxygen atoms in total.